The zero-order chi connectivity index (χ0) is 22.1. The summed E-state index contributed by atoms with van der Waals surface area (Å²) in [5, 5.41) is 0.594. The van der Waals surface area contributed by atoms with Crippen molar-refractivity contribution >= 4 is 23.4 Å². The number of nitrogens with zero attached hydrogens (tertiary/aromatic N) is 3. The molecular weight excluding hydrogens is 402 g/mol. The highest BCUT2D eigenvalue weighted by Crippen LogP contribution is 2.15. The van der Waals surface area contributed by atoms with Crippen molar-refractivity contribution in [3.63, 3.8) is 0 Å². The minimum Gasteiger partial charge on any atom is -0.484 e. The third-order valence-corrected chi connectivity index (χ3v) is 4.80. The van der Waals surface area contributed by atoms with Crippen LogP contribution in [-0.4, -0.2) is 52.4 Å². The molecule has 2 amide bonds. The van der Waals surface area contributed by atoms with Crippen molar-refractivity contribution in [2.24, 2.45) is 13.0 Å². The summed E-state index contributed by atoms with van der Waals surface area (Å²) < 4.78 is 7.54. The lowest BCUT2D eigenvalue weighted by Crippen LogP contribution is -2.45. The Morgan fingerprint density at radius 1 is 1.17 bits per heavy atom. The number of hydrogen-bond acceptors (Lipinski definition) is 3. The summed E-state index contributed by atoms with van der Waals surface area (Å²) in [7, 11) is 1.95. The molecule has 30 heavy (non-hydrogen) atoms. The van der Waals surface area contributed by atoms with Crippen LogP contribution >= 0.6 is 11.6 Å². The number of hydrogen-bond donors (Lipinski definition) is 0. The summed E-state index contributed by atoms with van der Waals surface area (Å²) in [4.78, 5) is 29.0. The van der Waals surface area contributed by atoms with Gasteiger partial charge in [0.15, 0.2) is 6.61 Å². The molecule has 7 heteroatoms. The number of ether oxygens (including phenoxy) is 1. The molecule has 1 aromatic carbocycles. The first-order valence-electron chi connectivity index (χ1n) is 9.95. The molecule has 2 rings (SSSR count). The van der Waals surface area contributed by atoms with E-state index in [0.717, 1.165) is 5.69 Å². The quantitative estimate of drug-likeness (QED) is 0.509. The standard InChI is InChI=1S/C23H30ClN3O3/c1-5-12-26(23(29)17-30-21-10-8-19(24)9-11-21)16-22(28)27(14-18(2)3)15-20-7-6-13-25(20)4/h5-11,13,18H,1,12,14-17H2,2-4H3. The number of aryl methyl sites for hydroxylation is 1. The first-order chi connectivity index (χ1) is 14.3. The van der Waals surface area contributed by atoms with E-state index >= 15 is 0 Å². The Hall–Kier alpha value is -2.73. The molecule has 0 fully saturated rings. The third-order valence-electron chi connectivity index (χ3n) is 4.55. The lowest BCUT2D eigenvalue weighted by Gasteiger charge is -2.28. The van der Waals surface area contributed by atoms with Gasteiger partial charge in [-0.2, -0.15) is 0 Å². The zero-order valence-electron chi connectivity index (χ0n) is 17.9. The highest BCUT2D eigenvalue weighted by atomic mass is 35.5. The van der Waals surface area contributed by atoms with E-state index in [9.17, 15) is 9.59 Å². The van der Waals surface area contributed by atoms with Gasteiger partial charge in [0, 0.05) is 37.1 Å². The highest BCUT2D eigenvalue weighted by molar-refractivity contribution is 6.30. The van der Waals surface area contributed by atoms with Crippen LogP contribution < -0.4 is 4.74 Å². The molecule has 0 radical (unpaired) electrons. The second-order valence-electron chi connectivity index (χ2n) is 7.58. The summed E-state index contributed by atoms with van der Waals surface area (Å²) in [5.74, 6) is 0.474. The first-order valence-corrected chi connectivity index (χ1v) is 10.3. The van der Waals surface area contributed by atoms with Crippen LogP contribution in [0.3, 0.4) is 0 Å². The molecule has 0 bridgehead atoms. The fourth-order valence-electron chi connectivity index (χ4n) is 2.99. The molecule has 1 aromatic heterocycles. The second-order valence-corrected chi connectivity index (χ2v) is 8.02. The van der Waals surface area contributed by atoms with E-state index < -0.39 is 0 Å². The van der Waals surface area contributed by atoms with Crippen molar-refractivity contribution in [2.75, 3.05) is 26.2 Å². The zero-order valence-corrected chi connectivity index (χ0v) is 18.6. The summed E-state index contributed by atoms with van der Waals surface area (Å²) in [5.41, 5.74) is 1.04. The van der Waals surface area contributed by atoms with Crippen molar-refractivity contribution < 1.29 is 14.3 Å². The minimum atomic E-state index is -0.276. The van der Waals surface area contributed by atoms with Gasteiger partial charge < -0.3 is 19.1 Å². The highest BCUT2D eigenvalue weighted by Gasteiger charge is 2.22. The lowest BCUT2D eigenvalue weighted by molar-refractivity contribution is -0.141. The molecule has 0 saturated carbocycles. The number of rotatable bonds is 11. The molecule has 0 aliphatic heterocycles. The van der Waals surface area contributed by atoms with E-state index in [1.807, 2.05) is 29.9 Å². The van der Waals surface area contributed by atoms with Gasteiger partial charge >= 0.3 is 0 Å². The van der Waals surface area contributed by atoms with E-state index in [1.165, 1.54) is 4.90 Å². The predicted octanol–water partition coefficient (Wildman–Crippen LogP) is 3.76. The van der Waals surface area contributed by atoms with Crippen LogP contribution in [0.1, 0.15) is 19.5 Å². The van der Waals surface area contributed by atoms with Crippen LogP contribution in [-0.2, 0) is 23.2 Å². The molecule has 1 heterocycles. The predicted molar refractivity (Wildman–Crippen MR) is 119 cm³/mol. The van der Waals surface area contributed by atoms with E-state index in [-0.39, 0.29) is 31.5 Å². The Bertz CT molecular complexity index is 846. The van der Waals surface area contributed by atoms with Gasteiger partial charge in [0.05, 0.1) is 6.54 Å². The molecule has 6 nitrogen and oxygen atoms in total. The van der Waals surface area contributed by atoms with E-state index in [2.05, 4.69) is 20.4 Å². The SMILES string of the molecule is C=CCN(CC(=O)N(Cc1cccn1C)CC(C)C)C(=O)COc1ccc(Cl)cc1. The molecule has 0 atom stereocenters. The third kappa shape index (κ3) is 7.26. The summed E-state index contributed by atoms with van der Waals surface area (Å²) >= 11 is 5.86. The van der Waals surface area contributed by atoms with Gasteiger partial charge in [-0.1, -0.05) is 31.5 Å². The molecule has 2 aromatic rings. The normalized spacial score (nSPS) is 10.7. The van der Waals surface area contributed by atoms with E-state index in [0.29, 0.717) is 29.8 Å². The van der Waals surface area contributed by atoms with Crippen molar-refractivity contribution in [2.45, 2.75) is 20.4 Å². The number of halogens is 1. The lowest BCUT2D eigenvalue weighted by atomic mass is 10.2. The first kappa shape index (κ1) is 23.5. The molecule has 0 spiro atoms. The van der Waals surface area contributed by atoms with Crippen LogP contribution in [0, 0.1) is 5.92 Å². The Kier molecular flexibility index (Phi) is 8.99. The van der Waals surface area contributed by atoms with Gasteiger partial charge in [0.1, 0.15) is 12.3 Å². The summed E-state index contributed by atoms with van der Waals surface area (Å²) in [6.45, 7) is 9.04. The van der Waals surface area contributed by atoms with Gasteiger partial charge in [-0.3, -0.25) is 9.59 Å². The van der Waals surface area contributed by atoms with Crippen LogP contribution in [0.4, 0.5) is 0 Å². The number of carbonyl (C=O) groups excluding carboxylic acids is 2. The smallest absolute Gasteiger partial charge is 0.261 e. The van der Waals surface area contributed by atoms with Crippen molar-refractivity contribution in [1.29, 1.82) is 0 Å². The minimum absolute atomic E-state index is 0.0219. The maximum absolute atomic E-state index is 13.1. The Labute approximate surface area is 183 Å². The van der Waals surface area contributed by atoms with E-state index in [1.54, 1.807) is 35.2 Å². The number of carbonyl (C=O) groups is 2. The van der Waals surface area contributed by atoms with Gasteiger partial charge in [0.2, 0.25) is 5.91 Å². The van der Waals surface area contributed by atoms with E-state index in [4.69, 9.17) is 16.3 Å². The van der Waals surface area contributed by atoms with Crippen LogP contribution in [0.15, 0.2) is 55.3 Å². The largest absolute Gasteiger partial charge is 0.484 e. The topological polar surface area (TPSA) is 54.8 Å². The van der Waals surface area contributed by atoms with Gasteiger partial charge in [-0.15, -0.1) is 6.58 Å². The fourth-order valence-corrected chi connectivity index (χ4v) is 3.12. The molecule has 0 unspecified atom stereocenters. The Balaban J connectivity index is 2.02. The van der Waals surface area contributed by atoms with Crippen LogP contribution in [0.2, 0.25) is 5.02 Å². The number of amides is 2. The average Bonchev–Trinajstić information content (AvgIpc) is 3.10. The monoisotopic (exact) mass is 431 g/mol. The molecule has 0 N–H and O–H groups in total. The van der Waals surface area contributed by atoms with Crippen LogP contribution in [0.5, 0.6) is 5.75 Å². The van der Waals surface area contributed by atoms with Crippen molar-refractivity contribution in [3.05, 3.63) is 66.0 Å². The van der Waals surface area contributed by atoms with Crippen molar-refractivity contribution in [1.82, 2.24) is 14.4 Å². The number of benzene rings is 1. The maximum atomic E-state index is 13.1. The molecule has 0 saturated heterocycles. The maximum Gasteiger partial charge on any atom is 0.261 e. The molecule has 0 aliphatic carbocycles. The number of aromatic nitrogens is 1. The van der Waals surface area contributed by atoms with Gasteiger partial charge in [-0.25, -0.2) is 0 Å². The van der Waals surface area contributed by atoms with Gasteiger partial charge in [0.25, 0.3) is 5.91 Å². The molecular formula is C23H30ClN3O3. The molecule has 0 aliphatic rings. The fraction of sp³-hybridized carbons (Fsp3) is 0.391. The summed E-state index contributed by atoms with van der Waals surface area (Å²) in [6, 6.07) is 10.7. The second kappa shape index (κ2) is 11.5. The van der Waals surface area contributed by atoms with Crippen LogP contribution in [0.25, 0.3) is 0 Å². The summed E-state index contributed by atoms with van der Waals surface area (Å²) in [6.07, 6.45) is 3.56. The molecule has 162 valence electrons. The van der Waals surface area contributed by atoms with Crippen molar-refractivity contribution in [3.8, 4) is 5.75 Å². The Morgan fingerprint density at radius 2 is 1.87 bits per heavy atom. The average molecular weight is 432 g/mol. The Morgan fingerprint density at radius 3 is 2.43 bits per heavy atom. The van der Waals surface area contributed by atoms with Gasteiger partial charge in [-0.05, 0) is 42.3 Å².